The monoisotopic (exact) mass is 250 g/mol. The highest BCUT2D eigenvalue weighted by molar-refractivity contribution is 5.77. The molecule has 1 aromatic rings. The summed E-state index contributed by atoms with van der Waals surface area (Å²) in [5.41, 5.74) is 7.74. The van der Waals surface area contributed by atoms with Crippen molar-refractivity contribution in [1.82, 2.24) is 4.90 Å². The molecule has 0 heterocycles. The number of hydrogen-bond acceptors (Lipinski definition) is 3. The second kappa shape index (κ2) is 7.01. The zero-order valence-electron chi connectivity index (χ0n) is 11.4. The first kappa shape index (κ1) is 14.5. The standard InChI is InChI=1S/C14H22N2O2/c1-4-11-5-6-13(18-3)12(9-11)7-8-16(2)14(17)10-15/h5-6,9H,4,7-8,10,15H2,1-3H3. The smallest absolute Gasteiger partial charge is 0.236 e. The van der Waals surface area contributed by atoms with Gasteiger partial charge in [-0.15, -0.1) is 0 Å². The highest BCUT2D eigenvalue weighted by Crippen LogP contribution is 2.21. The largest absolute Gasteiger partial charge is 0.496 e. The molecule has 0 saturated carbocycles. The number of carbonyl (C=O) groups excluding carboxylic acids is 1. The molecular formula is C14H22N2O2. The Labute approximate surface area is 109 Å². The minimum atomic E-state index is -0.0411. The van der Waals surface area contributed by atoms with Gasteiger partial charge in [0.15, 0.2) is 0 Å². The van der Waals surface area contributed by atoms with Crippen LogP contribution in [0.3, 0.4) is 0 Å². The predicted molar refractivity (Wildman–Crippen MR) is 72.8 cm³/mol. The number of methoxy groups -OCH3 is 1. The summed E-state index contributed by atoms with van der Waals surface area (Å²) in [5, 5.41) is 0. The minimum absolute atomic E-state index is 0.0411. The number of benzene rings is 1. The Bertz CT molecular complexity index is 405. The molecule has 1 rings (SSSR count). The molecule has 0 saturated heterocycles. The highest BCUT2D eigenvalue weighted by atomic mass is 16.5. The lowest BCUT2D eigenvalue weighted by molar-refractivity contribution is -0.128. The molecular weight excluding hydrogens is 228 g/mol. The fraction of sp³-hybridized carbons (Fsp3) is 0.500. The van der Waals surface area contributed by atoms with Gasteiger partial charge in [0, 0.05) is 13.6 Å². The lowest BCUT2D eigenvalue weighted by Gasteiger charge is -2.17. The molecule has 0 unspecified atom stereocenters. The van der Waals surface area contributed by atoms with Crippen molar-refractivity contribution in [2.24, 2.45) is 5.73 Å². The van der Waals surface area contributed by atoms with E-state index < -0.39 is 0 Å². The number of nitrogens with two attached hydrogens (primary N) is 1. The summed E-state index contributed by atoms with van der Waals surface area (Å²) >= 11 is 0. The molecule has 0 aromatic heterocycles. The zero-order chi connectivity index (χ0) is 13.5. The fourth-order valence-corrected chi connectivity index (χ4v) is 1.82. The van der Waals surface area contributed by atoms with Crippen LogP contribution >= 0.6 is 0 Å². The molecule has 0 aliphatic rings. The first-order valence-corrected chi connectivity index (χ1v) is 6.22. The summed E-state index contributed by atoms with van der Waals surface area (Å²) in [6.45, 7) is 2.83. The third kappa shape index (κ3) is 3.74. The number of carbonyl (C=O) groups is 1. The summed E-state index contributed by atoms with van der Waals surface area (Å²) in [5.74, 6) is 0.835. The first-order chi connectivity index (χ1) is 8.62. The Balaban J connectivity index is 2.73. The van der Waals surface area contributed by atoms with Crippen LogP contribution < -0.4 is 10.5 Å². The molecule has 0 bridgehead atoms. The average Bonchev–Trinajstić information content (AvgIpc) is 2.43. The van der Waals surface area contributed by atoms with Crippen LogP contribution in [0.5, 0.6) is 5.75 Å². The molecule has 0 spiro atoms. The second-order valence-electron chi connectivity index (χ2n) is 4.27. The number of amides is 1. The van der Waals surface area contributed by atoms with Crippen LogP contribution in [-0.2, 0) is 17.6 Å². The van der Waals surface area contributed by atoms with Gasteiger partial charge < -0.3 is 15.4 Å². The van der Waals surface area contributed by atoms with E-state index in [1.165, 1.54) is 5.56 Å². The van der Waals surface area contributed by atoms with E-state index in [4.69, 9.17) is 10.5 Å². The van der Waals surface area contributed by atoms with E-state index in [1.807, 2.05) is 6.07 Å². The molecule has 1 aromatic carbocycles. The maximum Gasteiger partial charge on any atom is 0.236 e. The molecule has 2 N–H and O–H groups in total. The van der Waals surface area contributed by atoms with Gasteiger partial charge in [0.05, 0.1) is 13.7 Å². The highest BCUT2D eigenvalue weighted by Gasteiger charge is 2.09. The molecule has 0 radical (unpaired) electrons. The molecule has 100 valence electrons. The van der Waals surface area contributed by atoms with Crippen molar-refractivity contribution in [3.05, 3.63) is 29.3 Å². The number of ether oxygens (including phenoxy) is 1. The Hall–Kier alpha value is -1.55. The van der Waals surface area contributed by atoms with Crippen LogP contribution in [0.25, 0.3) is 0 Å². The minimum Gasteiger partial charge on any atom is -0.496 e. The topological polar surface area (TPSA) is 55.6 Å². The van der Waals surface area contributed by atoms with E-state index in [2.05, 4.69) is 19.1 Å². The van der Waals surface area contributed by atoms with Crippen molar-refractivity contribution in [3.63, 3.8) is 0 Å². The summed E-state index contributed by atoms with van der Waals surface area (Å²) in [4.78, 5) is 13.0. The Morgan fingerprint density at radius 1 is 1.44 bits per heavy atom. The lowest BCUT2D eigenvalue weighted by atomic mass is 10.0. The Kier molecular flexibility index (Phi) is 5.65. The van der Waals surface area contributed by atoms with Crippen LogP contribution in [0.4, 0.5) is 0 Å². The van der Waals surface area contributed by atoms with E-state index in [0.717, 1.165) is 24.2 Å². The van der Waals surface area contributed by atoms with E-state index >= 15 is 0 Å². The van der Waals surface area contributed by atoms with Gasteiger partial charge in [-0.3, -0.25) is 4.79 Å². The number of nitrogens with zero attached hydrogens (tertiary/aromatic N) is 1. The van der Waals surface area contributed by atoms with Gasteiger partial charge in [0.1, 0.15) is 5.75 Å². The molecule has 0 aliphatic heterocycles. The van der Waals surface area contributed by atoms with Crippen LogP contribution in [0, 0.1) is 0 Å². The maximum absolute atomic E-state index is 11.4. The van der Waals surface area contributed by atoms with Crippen molar-refractivity contribution < 1.29 is 9.53 Å². The lowest BCUT2D eigenvalue weighted by Crippen LogP contribution is -2.34. The average molecular weight is 250 g/mol. The Morgan fingerprint density at radius 2 is 2.17 bits per heavy atom. The predicted octanol–water partition coefficient (Wildman–Crippen LogP) is 1.22. The maximum atomic E-state index is 11.4. The molecule has 0 atom stereocenters. The molecule has 0 aliphatic carbocycles. The summed E-state index contributed by atoms with van der Waals surface area (Å²) < 4.78 is 5.34. The van der Waals surface area contributed by atoms with Crippen molar-refractivity contribution in [3.8, 4) is 5.75 Å². The first-order valence-electron chi connectivity index (χ1n) is 6.22. The van der Waals surface area contributed by atoms with Gasteiger partial charge in [-0.2, -0.15) is 0 Å². The molecule has 4 nitrogen and oxygen atoms in total. The van der Waals surface area contributed by atoms with Gasteiger partial charge in [-0.25, -0.2) is 0 Å². The zero-order valence-corrected chi connectivity index (χ0v) is 11.4. The van der Waals surface area contributed by atoms with Gasteiger partial charge in [0.2, 0.25) is 5.91 Å². The number of hydrogen-bond donors (Lipinski definition) is 1. The van der Waals surface area contributed by atoms with Crippen LogP contribution in [0.2, 0.25) is 0 Å². The number of rotatable bonds is 6. The van der Waals surface area contributed by atoms with Gasteiger partial charge in [-0.05, 0) is 30.0 Å². The van der Waals surface area contributed by atoms with Crippen molar-refractivity contribution in [2.75, 3.05) is 27.2 Å². The molecule has 1 amide bonds. The van der Waals surface area contributed by atoms with E-state index in [-0.39, 0.29) is 12.5 Å². The van der Waals surface area contributed by atoms with Crippen molar-refractivity contribution in [2.45, 2.75) is 19.8 Å². The van der Waals surface area contributed by atoms with Crippen LogP contribution in [0.1, 0.15) is 18.1 Å². The fourth-order valence-electron chi connectivity index (χ4n) is 1.82. The molecule has 18 heavy (non-hydrogen) atoms. The SMILES string of the molecule is CCc1ccc(OC)c(CCN(C)C(=O)CN)c1. The van der Waals surface area contributed by atoms with Crippen LogP contribution in [-0.4, -0.2) is 38.1 Å². The molecule has 0 fully saturated rings. The normalized spacial score (nSPS) is 10.2. The summed E-state index contributed by atoms with van der Waals surface area (Å²) in [6, 6.07) is 6.19. The van der Waals surface area contributed by atoms with Crippen molar-refractivity contribution >= 4 is 5.91 Å². The summed E-state index contributed by atoms with van der Waals surface area (Å²) in [6.07, 6.45) is 1.77. The second-order valence-corrected chi connectivity index (χ2v) is 4.27. The Morgan fingerprint density at radius 3 is 2.72 bits per heavy atom. The third-order valence-corrected chi connectivity index (χ3v) is 3.07. The van der Waals surface area contributed by atoms with Gasteiger partial charge >= 0.3 is 0 Å². The number of aryl methyl sites for hydroxylation is 1. The quantitative estimate of drug-likeness (QED) is 0.826. The van der Waals surface area contributed by atoms with Crippen LogP contribution in [0.15, 0.2) is 18.2 Å². The van der Waals surface area contributed by atoms with Gasteiger partial charge in [-0.1, -0.05) is 19.1 Å². The third-order valence-electron chi connectivity index (χ3n) is 3.07. The van der Waals surface area contributed by atoms with E-state index in [0.29, 0.717) is 6.54 Å². The van der Waals surface area contributed by atoms with E-state index in [9.17, 15) is 4.79 Å². The summed E-state index contributed by atoms with van der Waals surface area (Å²) in [7, 11) is 3.44. The molecule has 4 heteroatoms. The van der Waals surface area contributed by atoms with Gasteiger partial charge in [0.25, 0.3) is 0 Å². The van der Waals surface area contributed by atoms with E-state index in [1.54, 1.807) is 19.1 Å². The number of likely N-dealkylation sites (N-methyl/N-ethyl adjacent to an activating group) is 1. The van der Waals surface area contributed by atoms with Crippen molar-refractivity contribution in [1.29, 1.82) is 0 Å².